The van der Waals surface area contributed by atoms with E-state index in [9.17, 15) is 9.90 Å². The highest BCUT2D eigenvalue weighted by Gasteiger charge is 2.36. The Balaban J connectivity index is 1.83. The van der Waals surface area contributed by atoms with Gasteiger partial charge in [0.15, 0.2) is 0 Å². The summed E-state index contributed by atoms with van der Waals surface area (Å²) in [6.45, 7) is 0.348. The molecule has 0 aliphatic carbocycles. The molecule has 3 atom stereocenters. The highest BCUT2D eigenvalue weighted by Crippen LogP contribution is 2.39. The lowest BCUT2D eigenvalue weighted by atomic mass is 9.88. The minimum absolute atomic E-state index is 0.00873. The third-order valence-corrected chi connectivity index (χ3v) is 3.83. The fourth-order valence-corrected chi connectivity index (χ4v) is 2.78. The van der Waals surface area contributed by atoms with Crippen LogP contribution < -0.4 is 5.32 Å². The van der Waals surface area contributed by atoms with Gasteiger partial charge in [-0.25, -0.2) is 0 Å². The molecule has 2 aliphatic heterocycles. The number of benzene rings is 1. The van der Waals surface area contributed by atoms with Crippen molar-refractivity contribution in [2.75, 3.05) is 11.9 Å². The van der Waals surface area contributed by atoms with Crippen LogP contribution in [0.4, 0.5) is 5.69 Å². The molecule has 5 heteroatoms. The maximum absolute atomic E-state index is 10.6. The van der Waals surface area contributed by atoms with Crippen LogP contribution in [0.3, 0.4) is 0 Å². The lowest BCUT2D eigenvalue weighted by Gasteiger charge is -2.40. The normalized spacial score (nSPS) is 28.4. The lowest BCUT2D eigenvalue weighted by Crippen LogP contribution is -2.45. The van der Waals surface area contributed by atoms with Crippen LogP contribution in [-0.2, 0) is 16.0 Å². The number of hydrogen-bond donors (Lipinski definition) is 3. The average molecular weight is 263 g/mol. The zero-order chi connectivity index (χ0) is 13.4. The Labute approximate surface area is 111 Å². The number of aryl methyl sites for hydroxylation is 1. The summed E-state index contributed by atoms with van der Waals surface area (Å²) in [5.74, 6) is -0.784. The van der Waals surface area contributed by atoms with Crippen LogP contribution in [0.1, 0.15) is 30.1 Å². The summed E-state index contributed by atoms with van der Waals surface area (Å²) in [6, 6.07) is 5.95. The lowest BCUT2D eigenvalue weighted by molar-refractivity contribution is -0.136. The second-order valence-electron chi connectivity index (χ2n) is 5.19. The van der Waals surface area contributed by atoms with Gasteiger partial charge >= 0.3 is 5.97 Å². The van der Waals surface area contributed by atoms with E-state index in [0.717, 1.165) is 23.2 Å². The van der Waals surface area contributed by atoms with Crippen LogP contribution in [0.2, 0.25) is 0 Å². The molecule has 19 heavy (non-hydrogen) atoms. The van der Waals surface area contributed by atoms with E-state index in [2.05, 4.69) is 5.32 Å². The molecule has 1 aromatic rings. The smallest absolute Gasteiger partial charge is 0.303 e. The number of rotatable bonds is 3. The summed E-state index contributed by atoms with van der Waals surface area (Å²) >= 11 is 0. The van der Waals surface area contributed by atoms with E-state index >= 15 is 0 Å². The van der Waals surface area contributed by atoms with Crippen LogP contribution in [-0.4, -0.2) is 34.9 Å². The van der Waals surface area contributed by atoms with E-state index in [-0.39, 0.29) is 18.6 Å². The first-order valence-electron chi connectivity index (χ1n) is 6.54. The molecule has 3 rings (SSSR count). The number of hydrogen-bond acceptors (Lipinski definition) is 4. The monoisotopic (exact) mass is 263 g/mol. The van der Waals surface area contributed by atoms with Crippen molar-refractivity contribution in [3.8, 4) is 0 Å². The predicted molar refractivity (Wildman–Crippen MR) is 69.1 cm³/mol. The number of aliphatic hydroxyl groups excluding tert-OH is 1. The minimum atomic E-state index is -0.784. The molecule has 0 saturated carbocycles. The van der Waals surface area contributed by atoms with E-state index in [1.807, 2.05) is 18.2 Å². The summed E-state index contributed by atoms with van der Waals surface area (Å²) in [5.41, 5.74) is 3.07. The molecule has 5 nitrogen and oxygen atoms in total. The fraction of sp³-hybridized carbons (Fsp3) is 0.500. The van der Waals surface area contributed by atoms with Crippen LogP contribution in [0.15, 0.2) is 18.2 Å². The van der Waals surface area contributed by atoms with Gasteiger partial charge in [-0.3, -0.25) is 4.79 Å². The van der Waals surface area contributed by atoms with Gasteiger partial charge in [0.05, 0.1) is 24.9 Å². The quantitative estimate of drug-likeness (QED) is 0.766. The van der Waals surface area contributed by atoms with Crippen molar-refractivity contribution < 1.29 is 19.7 Å². The second kappa shape index (κ2) is 4.83. The van der Waals surface area contributed by atoms with Gasteiger partial charge in [-0.1, -0.05) is 12.1 Å². The van der Waals surface area contributed by atoms with Crippen molar-refractivity contribution >= 4 is 11.7 Å². The number of aliphatic carboxylic acids is 1. The van der Waals surface area contributed by atoms with Gasteiger partial charge in [-0.15, -0.1) is 0 Å². The number of nitrogens with one attached hydrogen (secondary N) is 1. The second-order valence-corrected chi connectivity index (χ2v) is 5.19. The first-order valence-corrected chi connectivity index (χ1v) is 6.54. The number of ether oxygens (including phenoxy) is 1. The summed E-state index contributed by atoms with van der Waals surface area (Å²) in [7, 11) is 0. The topological polar surface area (TPSA) is 78.8 Å². The summed E-state index contributed by atoms with van der Waals surface area (Å²) in [4.78, 5) is 10.6. The molecule has 3 N–H and O–H groups in total. The molecule has 0 radical (unpaired) electrons. The SMILES string of the molecule is O=C(O)CCc1ccc2c(c1)C1C[C@@H](N2)[C@H](O)CO1. The molecule has 1 fully saturated rings. The number of carboxylic acid groups (broad SMARTS) is 1. The van der Waals surface area contributed by atoms with E-state index < -0.39 is 12.1 Å². The van der Waals surface area contributed by atoms with Gasteiger partial charge in [0.1, 0.15) is 0 Å². The van der Waals surface area contributed by atoms with Gasteiger partial charge in [-0.05, 0) is 18.1 Å². The van der Waals surface area contributed by atoms with Crippen molar-refractivity contribution in [2.45, 2.75) is 37.5 Å². The van der Waals surface area contributed by atoms with Crippen molar-refractivity contribution in [2.24, 2.45) is 0 Å². The zero-order valence-corrected chi connectivity index (χ0v) is 10.5. The van der Waals surface area contributed by atoms with Crippen LogP contribution in [0, 0.1) is 0 Å². The zero-order valence-electron chi connectivity index (χ0n) is 10.5. The molecule has 0 amide bonds. The first-order chi connectivity index (χ1) is 9.13. The van der Waals surface area contributed by atoms with Crippen LogP contribution >= 0.6 is 0 Å². The number of anilines is 1. The first kappa shape index (κ1) is 12.4. The molecule has 2 heterocycles. The Morgan fingerprint density at radius 2 is 2.32 bits per heavy atom. The number of fused-ring (bicyclic) bond motifs is 4. The molecule has 1 saturated heterocycles. The largest absolute Gasteiger partial charge is 0.481 e. The molecular formula is C14H17NO4. The highest BCUT2D eigenvalue weighted by atomic mass is 16.5. The maximum atomic E-state index is 10.6. The van der Waals surface area contributed by atoms with E-state index in [4.69, 9.17) is 9.84 Å². The van der Waals surface area contributed by atoms with E-state index in [1.54, 1.807) is 0 Å². The van der Waals surface area contributed by atoms with Gasteiger partial charge in [0.25, 0.3) is 0 Å². The number of aliphatic hydroxyl groups is 1. The van der Waals surface area contributed by atoms with E-state index in [1.165, 1.54) is 0 Å². The third-order valence-electron chi connectivity index (χ3n) is 3.83. The van der Waals surface area contributed by atoms with Crippen molar-refractivity contribution in [3.63, 3.8) is 0 Å². The van der Waals surface area contributed by atoms with Gasteiger partial charge in [0.2, 0.25) is 0 Å². The minimum Gasteiger partial charge on any atom is -0.481 e. The van der Waals surface area contributed by atoms with Crippen LogP contribution in [0.5, 0.6) is 0 Å². The molecule has 1 unspecified atom stereocenters. The van der Waals surface area contributed by atoms with Gasteiger partial charge < -0.3 is 20.3 Å². The number of carboxylic acids is 1. The number of carbonyl (C=O) groups is 1. The van der Waals surface area contributed by atoms with Gasteiger partial charge in [-0.2, -0.15) is 0 Å². The van der Waals surface area contributed by atoms with Crippen molar-refractivity contribution in [3.05, 3.63) is 29.3 Å². The third kappa shape index (κ3) is 2.43. The average Bonchev–Trinajstić information content (AvgIpc) is 2.41. The van der Waals surface area contributed by atoms with Crippen molar-refractivity contribution in [1.29, 1.82) is 0 Å². The maximum Gasteiger partial charge on any atom is 0.303 e. The Hall–Kier alpha value is -1.59. The van der Waals surface area contributed by atoms with E-state index in [0.29, 0.717) is 13.0 Å². The fourth-order valence-electron chi connectivity index (χ4n) is 2.78. The van der Waals surface area contributed by atoms with Gasteiger partial charge in [0, 0.05) is 24.1 Å². The highest BCUT2D eigenvalue weighted by molar-refractivity contribution is 5.67. The summed E-state index contributed by atoms with van der Waals surface area (Å²) in [6.07, 6.45) is 0.974. The standard InChI is InChI=1S/C14H17NO4/c16-12-7-19-13-6-11(12)15-10-3-1-8(5-9(10)13)2-4-14(17)18/h1,3,5,11-13,15-16H,2,4,6-7H2,(H,17,18)/t11-,12-,13?/m1/s1. The Kier molecular flexibility index (Phi) is 3.16. The summed E-state index contributed by atoms with van der Waals surface area (Å²) < 4.78 is 5.66. The Morgan fingerprint density at radius 1 is 1.47 bits per heavy atom. The molecule has 2 bridgehead atoms. The molecule has 0 aromatic heterocycles. The Bertz CT molecular complexity index is 502. The molecule has 2 aliphatic rings. The van der Waals surface area contributed by atoms with Crippen molar-refractivity contribution in [1.82, 2.24) is 0 Å². The predicted octanol–water partition coefficient (Wildman–Crippen LogP) is 1.32. The molecule has 0 spiro atoms. The Morgan fingerprint density at radius 3 is 3.11 bits per heavy atom. The molecular weight excluding hydrogens is 246 g/mol. The molecule has 102 valence electrons. The summed E-state index contributed by atoms with van der Waals surface area (Å²) in [5, 5.41) is 21.8. The van der Waals surface area contributed by atoms with Crippen LogP contribution in [0.25, 0.3) is 0 Å². The molecule has 1 aromatic carbocycles.